The zero-order valence-corrected chi connectivity index (χ0v) is 16.7. The van der Waals surface area contributed by atoms with Crippen LogP contribution in [0, 0.1) is 0 Å². The van der Waals surface area contributed by atoms with Gasteiger partial charge in [-0.1, -0.05) is 84.5 Å². The monoisotopic (exact) mass is 360 g/mol. The molecule has 1 N–H and O–H groups in total. The Morgan fingerprint density at radius 3 is 2.19 bits per heavy atom. The van der Waals surface area contributed by atoms with Gasteiger partial charge in [0.15, 0.2) is 0 Å². The third-order valence-corrected chi connectivity index (χ3v) is 5.55. The van der Waals surface area contributed by atoms with Crippen LogP contribution in [0.4, 0.5) is 0 Å². The molecule has 27 heavy (non-hydrogen) atoms. The summed E-state index contributed by atoms with van der Waals surface area (Å²) in [6.45, 7) is 5.45. The fourth-order valence-corrected chi connectivity index (χ4v) is 3.68. The van der Waals surface area contributed by atoms with Gasteiger partial charge < -0.3 is 5.32 Å². The second kappa shape index (κ2) is 9.68. The molecule has 142 valence electrons. The molecule has 1 atom stereocenters. The molecule has 2 heteroatoms. The highest BCUT2D eigenvalue weighted by Gasteiger charge is 2.30. The standard InChI is InChI=1S/C25H32N2/c1-25(17-13-23(14-18-25)15-19-26-2)27(21-24-11-7-4-8-12-24)20-16-22-9-5-3-6-10-22/h3-14,17,26H,15-16,18-21H2,1-2H3. The SMILES string of the molecule is CNCCC1=CCC(C)(N(CCc2ccccc2)Cc2ccccc2)C=C1. The minimum Gasteiger partial charge on any atom is -0.319 e. The molecule has 0 bridgehead atoms. The van der Waals surface area contributed by atoms with Gasteiger partial charge in [0.05, 0.1) is 0 Å². The van der Waals surface area contributed by atoms with Crippen molar-refractivity contribution in [3.8, 4) is 0 Å². The molecule has 0 saturated carbocycles. The molecule has 0 saturated heterocycles. The second-order valence-corrected chi connectivity index (χ2v) is 7.67. The fraction of sp³-hybridized carbons (Fsp3) is 0.360. The smallest absolute Gasteiger partial charge is 0.0404 e. The number of benzene rings is 2. The minimum absolute atomic E-state index is 0.0633. The number of nitrogens with one attached hydrogen (secondary N) is 1. The first-order chi connectivity index (χ1) is 13.2. The Bertz CT molecular complexity index is 748. The Labute approximate surface area is 164 Å². The Hall–Kier alpha value is -2.16. The Morgan fingerprint density at radius 2 is 1.59 bits per heavy atom. The van der Waals surface area contributed by atoms with Gasteiger partial charge in [0.25, 0.3) is 0 Å². The molecule has 0 spiro atoms. The van der Waals surface area contributed by atoms with Gasteiger partial charge in [-0.2, -0.15) is 0 Å². The second-order valence-electron chi connectivity index (χ2n) is 7.67. The van der Waals surface area contributed by atoms with E-state index in [2.05, 4.69) is 96.0 Å². The van der Waals surface area contributed by atoms with Crippen LogP contribution in [0.15, 0.2) is 84.5 Å². The molecule has 0 amide bonds. The van der Waals surface area contributed by atoms with E-state index >= 15 is 0 Å². The number of hydrogen-bond donors (Lipinski definition) is 1. The molecule has 1 aliphatic carbocycles. The molecular formula is C25H32N2. The van der Waals surface area contributed by atoms with Gasteiger partial charge in [-0.25, -0.2) is 0 Å². The fourth-order valence-electron chi connectivity index (χ4n) is 3.68. The molecule has 2 nitrogen and oxygen atoms in total. The number of allylic oxidation sites excluding steroid dienone is 1. The van der Waals surface area contributed by atoms with E-state index < -0.39 is 0 Å². The maximum Gasteiger partial charge on any atom is 0.0404 e. The van der Waals surface area contributed by atoms with Gasteiger partial charge in [-0.05, 0) is 50.9 Å². The Kier molecular flexibility index (Phi) is 7.03. The summed E-state index contributed by atoms with van der Waals surface area (Å²) in [4.78, 5) is 2.64. The van der Waals surface area contributed by atoms with Crippen molar-refractivity contribution in [3.05, 3.63) is 95.6 Å². The van der Waals surface area contributed by atoms with Gasteiger partial charge >= 0.3 is 0 Å². The zero-order chi connectivity index (χ0) is 19.0. The zero-order valence-electron chi connectivity index (χ0n) is 16.7. The maximum atomic E-state index is 3.24. The largest absolute Gasteiger partial charge is 0.319 e. The summed E-state index contributed by atoms with van der Waals surface area (Å²) in [5.74, 6) is 0. The lowest BCUT2D eigenvalue weighted by molar-refractivity contribution is 0.138. The van der Waals surface area contributed by atoms with Gasteiger partial charge in [0.2, 0.25) is 0 Å². The van der Waals surface area contributed by atoms with Crippen molar-refractivity contribution in [1.82, 2.24) is 10.2 Å². The van der Waals surface area contributed by atoms with Crippen LogP contribution < -0.4 is 5.32 Å². The average molecular weight is 361 g/mol. The first kappa shape index (κ1) is 19.6. The lowest BCUT2D eigenvalue weighted by atomic mass is 9.87. The third kappa shape index (κ3) is 5.66. The third-order valence-electron chi connectivity index (χ3n) is 5.55. The van der Waals surface area contributed by atoms with Crippen molar-refractivity contribution in [1.29, 1.82) is 0 Å². The van der Waals surface area contributed by atoms with Gasteiger partial charge in [0.1, 0.15) is 0 Å². The van der Waals surface area contributed by atoms with Crippen LogP contribution in [0.2, 0.25) is 0 Å². The van der Waals surface area contributed by atoms with Crippen LogP contribution in [0.1, 0.15) is 30.9 Å². The maximum absolute atomic E-state index is 3.24. The molecule has 0 heterocycles. The molecule has 0 radical (unpaired) electrons. The van der Waals surface area contributed by atoms with E-state index in [0.717, 1.165) is 38.9 Å². The van der Waals surface area contributed by atoms with Crippen LogP contribution in [0.3, 0.4) is 0 Å². The lowest BCUT2D eigenvalue weighted by Crippen LogP contribution is -2.46. The van der Waals surface area contributed by atoms with E-state index in [1.807, 2.05) is 7.05 Å². The molecule has 3 rings (SSSR count). The molecule has 0 aromatic heterocycles. The summed E-state index contributed by atoms with van der Waals surface area (Å²) in [5.41, 5.74) is 4.30. The van der Waals surface area contributed by atoms with Gasteiger partial charge in [-0.3, -0.25) is 4.90 Å². The highest BCUT2D eigenvalue weighted by Crippen LogP contribution is 2.30. The number of nitrogens with zero attached hydrogens (tertiary/aromatic N) is 1. The van der Waals surface area contributed by atoms with Crippen molar-refractivity contribution in [2.24, 2.45) is 0 Å². The number of hydrogen-bond acceptors (Lipinski definition) is 2. The van der Waals surface area contributed by atoms with E-state index in [-0.39, 0.29) is 5.54 Å². The predicted octanol–water partition coefficient (Wildman–Crippen LogP) is 4.99. The van der Waals surface area contributed by atoms with Crippen LogP contribution in [0.5, 0.6) is 0 Å². The van der Waals surface area contributed by atoms with Gasteiger partial charge in [-0.15, -0.1) is 0 Å². The molecule has 0 fully saturated rings. The van der Waals surface area contributed by atoms with Crippen molar-refractivity contribution in [3.63, 3.8) is 0 Å². The summed E-state index contributed by atoms with van der Waals surface area (Å²) in [6, 6.07) is 21.7. The van der Waals surface area contributed by atoms with Gasteiger partial charge in [0, 0.05) is 18.6 Å². The molecular weight excluding hydrogens is 328 g/mol. The molecule has 0 aliphatic heterocycles. The topological polar surface area (TPSA) is 15.3 Å². The van der Waals surface area contributed by atoms with Crippen molar-refractivity contribution >= 4 is 0 Å². The van der Waals surface area contributed by atoms with E-state index in [1.165, 1.54) is 16.7 Å². The van der Waals surface area contributed by atoms with Crippen molar-refractivity contribution in [2.75, 3.05) is 20.1 Å². The summed E-state index contributed by atoms with van der Waals surface area (Å²) >= 11 is 0. The molecule has 1 aliphatic rings. The van der Waals surface area contributed by atoms with Crippen molar-refractivity contribution in [2.45, 2.75) is 38.3 Å². The summed E-state index contributed by atoms with van der Waals surface area (Å²) in [6.07, 6.45) is 10.4. The Morgan fingerprint density at radius 1 is 0.926 bits per heavy atom. The summed E-state index contributed by atoms with van der Waals surface area (Å²) < 4.78 is 0. The van der Waals surface area contributed by atoms with Crippen LogP contribution >= 0.6 is 0 Å². The first-order valence-corrected chi connectivity index (χ1v) is 10.1. The normalized spacial score (nSPS) is 19.3. The molecule has 2 aromatic carbocycles. The molecule has 2 aromatic rings. The first-order valence-electron chi connectivity index (χ1n) is 10.1. The lowest BCUT2D eigenvalue weighted by Gasteiger charge is -2.41. The highest BCUT2D eigenvalue weighted by atomic mass is 15.2. The van der Waals surface area contributed by atoms with E-state index in [1.54, 1.807) is 0 Å². The Balaban J connectivity index is 1.72. The van der Waals surface area contributed by atoms with E-state index in [4.69, 9.17) is 0 Å². The quantitative estimate of drug-likeness (QED) is 0.678. The summed E-state index contributed by atoms with van der Waals surface area (Å²) in [5, 5.41) is 3.24. The van der Waals surface area contributed by atoms with Crippen LogP contribution in [-0.4, -0.2) is 30.6 Å². The number of rotatable bonds is 9. The minimum atomic E-state index is 0.0633. The van der Waals surface area contributed by atoms with Crippen LogP contribution in [0.25, 0.3) is 0 Å². The highest BCUT2D eigenvalue weighted by molar-refractivity contribution is 5.30. The van der Waals surface area contributed by atoms with E-state index in [9.17, 15) is 0 Å². The predicted molar refractivity (Wildman–Crippen MR) is 116 cm³/mol. The van der Waals surface area contributed by atoms with Crippen LogP contribution in [-0.2, 0) is 13.0 Å². The summed E-state index contributed by atoms with van der Waals surface area (Å²) in [7, 11) is 2.02. The average Bonchev–Trinajstić information content (AvgIpc) is 2.72. The van der Waals surface area contributed by atoms with E-state index in [0.29, 0.717) is 0 Å². The molecule has 1 unspecified atom stereocenters. The van der Waals surface area contributed by atoms with Crippen molar-refractivity contribution < 1.29 is 0 Å².